The van der Waals surface area contributed by atoms with E-state index in [0.29, 0.717) is 30.2 Å². The van der Waals surface area contributed by atoms with Crippen LogP contribution in [0.2, 0.25) is 0 Å². The molecular weight excluding hydrogens is 344 g/mol. The lowest BCUT2D eigenvalue weighted by atomic mass is 10.0. The fourth-order valence-electron chi connectivity index (χ4n) is 2.42. The van der Waals surface area contributed by atoms with Gasteiger partial charge >= 0.3 is 0 Å². The number of aliphatic hydroxyl groups is 1. The summed E-state index contributed by atoms with van der Waals surface area (Å²) in [5.41, 5.74) is 0.692. The first-order valence-electron chi connectivity index (χ1n) is 7.76. The minimum absolute atomic E-state index is 0.179. The zero-order valence-electron chi connectivity index (χ0n) is 13.4. The molecule has 1 amide bonds. The molecule has 0 radical (unpaired) electrons. The van der Waals surface area contributed by atoms with Gasteiger partial charge in [-0.2, -0.15) is 11.8 Å². The SMILES string of the molecule is Cc1nc(COc2ccc(C(=O)NC[C@]3(O)CCSC3)cc2)cs1. The third kappa shape index (κ3) is 4.49. The van der Waals surface area contributed by atoms with Gasteiger partial charge in [-0.25, -0.2) is 4.98 Å². The Morgan fingerprint density at radius 2 is 2.21 bits per heavy atom. The van der Waals surface area contributed by atoms with Gasteiger partial charge in [0.05, 0.1) is 16.3 Å². The summed E-state index contributed by atoms with van der Waals surface area (Å²) in [5.74, 6) is 2.14. The van der Waals surface area contributed by atoms with Crippen LogP contribution < -0.4 is 10.1 Å². The first kappa shape index (κ1) is 17.3. The van der Waals surface area contributed by atoms with Gasteiger partial charge in [0, 0.05) is 23.2 Å². The summed E-state index contributed by atoms with van der Waals surface area (Å²) in [4.78, 5) is 16.5. The van der Waals surface area contributed by atoms with E-state index < -0.39 is 5.60 Å². The van der Waals surface area contributed by atoms with Gasteiger partial charge in [-0.1, -0.05) is 0 Å². The summed E-state index contributed by atoms with van der Waals surface area (Å²) < 4.78 is 5.67. The van der Waals surface area contributed by atoms with Crippen LogP contribution in [-0.4, -0.2) is 39.6 Å². The Kier molecular flexibility index (Phi) is 5.43. The second-order valence-electron chi connectivity index (χ2n) is 5.88. The molecule has 1 aromatic heterocycles. The molecule has 2 heterocycles. The van der Waals surface area contributed by atoms with E-state index in [1.165, 1.54) is 0 Å². The van der Waals surface area contributed by atoms with E-state index in [1.54, 1.807) is 47.4 Å². The number of aryl methyl sites for hydroxylation is 1. The number of thiazole rings is 1. The molecule has 1 saturated heterocycles. The van der Waals surface area contributed by atoms with Crippen LogP contribution in [0.25, 0.3) is 0 Å². The maximum absolute atomic E-state index is 12.2. The maximum atomic E-state index is 12.2. The van der Waals surface area contributed by atoms with Crippen LogP contribution in [0, 0.1) is 6.92 Å². The summed E-state index contributed by atoms with van der Waals surface area (Å²) >= 11 is 3.31. The highest BCUT2D eigenvalue weighted by Gasteiger charge is 2.31. The molecule has 0 spiro atoms. The number of carbonyl (C=O) groups excluding carboxylic acids is 1. The minimum Gasteiger partial charge on any atom is -0.487 e. The van der Waals surface area contributed by atoms with E-state index in [9.17, 15) is 9.90 Å². The molecule has 0 aliphatic carbocycles. The number of thioether (sulfide) groups is 1. The third-order valence-electron chi connectivity index (χ3n) is 3.83. The molecule has 1 atom stereocenters. The normalized spacial score (nSPS) is 20.1. The number of nitrogens with zero attached hydrogens (tertiary/aromatic N) is 1. The number of carbonyl (C=O) groups is 1. The Labute approximate surface area is 149 Å². The van der Waals surface area contributed by atoms with Crippen molar-refractivity contribution in [1.82, 2.24) is 10.3 Å². The molecule has 0 bridgehead atoms. The number of hydrogen-bond donors (Lipinski definition) is 2. The number of rotatable bonds is 6. The largest absolute Gasteiger partial charge is 0.487 e. The zero-order valence-corrected chi connectivity index (χ0v) is 15.1. The van der Waals surface area contributed by atoms with Crippen LogP contribution in [0.4, 0.5) is 0 Å². The van der Waals surface area contributed by atoms with E-state index in [0.717, 1.165) is 22.9 Å². The van der Waals surface area contributed by atoms with Crippen molar-refractivity contribution in [3.63, 3.8) is 0 Å². The van der Waals surface area contributed by atoms with Gasteiger partial charge in [0.25, 0.3) is 5.91 Å². The van der Waals surface area contributed by atoms with Crippen molar-refractivity contribution in [2.75, 3.05) is 18.1 Å². The predicted octanol–water partition coefficient (Wildman–Crippen LogP) is 2.63. The van der Waals surface area contributed by atoms with Crippen molar-refractivity contribution in [1.29, 1.82) is 0 Å². The van der Waals surface area contributed by atoms with Gasteiger partial charge in [0.2, 0.25) is 0 Å². The first-order valence-corrected chi connectivity index (χ1v) is 9.80. The monoisotopic (exact) mass is 364 g/mol. The van der Waals surface area contributed by atoms with Crippen molar-refractivity contribution in [2.24, 2.45) is 0 Å². The minimum atomic E-state index is -0.769. The predicted molar refractivity (Wildman–Crippen MR) is 96.9 cm³/mol. The van der Waals surface area contributed by atoms with Crippen LogP contribution in [0.15, 0.2) is 29.6 Å². The molecule has 24 heavy (non-hydrogen) atoms. The smallest absolute Gasteiger partial charge is 0.251 e. The van der Waals surface area contributed by atoms with Gasteiger partial charge in [-0.3, -0.25) is 4.79 Å². The van der Waals surface area contributed by atoms with Crippen LogP contribution in [0.5, 0.6) is 5.75 Å². The van der Waals surface area contributed by atoms with Crippen LogP contribution in [0.1, 0.15) is 27.5 Å². The Hall–Kier alpha value is -1.57. The molecule has 7 heteroatoms. The third-order valence-corrected chi connectivity index (χ3v) is 5.89. The number of benzene rings is 1. The molecule has 2 N–H and O–H groups in total. The standard InChI is InChI=1S/C17H20N2O3S2/c1-12-19-14(9-24-12)8-22-15-4-2-13(3-5-15)16(20)18-10-17(21)6-7-23-11-17/h2-5,9,21H,6-8,10-11H2,1H3,(H,18,20)/t17-/m1/s1. The summed E-state index contributed by atoms with van der Waals surface area (Å²) in [6.45, 7) is 2.67. The molecule has 1 aromatic carbocycles. The lowest BCUT2D eigenvalue weighted by Crippen LogP contribution is -2.42. The molecule has 1 aliphatic heterocycles. The highest BCUT2D eigenvalue weighted by atomic mass is 32.2. The quantitative estimate of drug-likeness (QED) is 0.824. The molecule has 5 nitrogen and oxygen atoms in total. The van der Waals surface area contributed by atoms with Gasteiger partial charge in [-0.05, 0) is 43.4 Å². The van der Waals surface area contributed by atoms with Crippen molar-refractivity contribution in [3.8, 4) is 5.75 Å². The Morgan fingerprint density at radius 3 is 2.83 bits per heavy atom. The molecule has 3 rings (SSSR count). The molecule has 1 aliphatic rings. The van der Waals surface area contributed by atoms with Crippen LogP contribution in [-0.2, 0) is 6.61 Å². The van der Waals surface area contributed by atoms with E-state index in [2.05, 4.69) is 10.3 Å². The van der Waals surface area contributed by atoms with Crippen molar-refractivity contribution < 1.29 is 14.6 Å². The fraction of sp³-hybridized carbons (Fsp3) is 0.412. The molecule has 128 valence electrons. The molecular formula is C17H20N2O3S2. The summed E-state index contributed by atoms with van der Waals surface area (Å²) in [7, 11) is 0. The number of aromatic nitrogens is 1. The number of ether oxygens (including phenoxy) is 1. The second kappa shape index (κ2) is 7.55. The van der Waals surface area contributed by atoms with Gasteiger partial charge < -0.3 is 15.2 Å². The number of amides is 1. The Balaban J connectivity index is 1.50. The van der Waals surface area contributed by atoms with Crippen molar-refractivity contribution in [3.05, 3.63) is 45.9 Å². The second-order valence-corrected chi connectivity index (χ2v) is 8.05. The Morgan fingerprint density at radius 1 is 1.42 bits per heavy atom. The van der Waals surface area contributed by atoms with Gasteiger partial charge in [0.1, 0.15) is 12.4 Å². The number of hydrogen-bond acceptors (Lipinski definition) is 6. The molecule has 0 saturated carbocycles. The lowest BCUT2D eigenvalue weighted by Gasteiger charge is -2.21. The van der Waals surface area contributed by atoms with Gasteiger partial charge in [0.15, 0.2) is 0 Å². The lowest BCUT2D eigenvalue weighted by molar-refractivity contribution is 0.0612. The van der Waals surface area contributed by atoms with Crippen molar-refractivity contribution in [2.45, 2.75) is 25.6 Å². The van der Waals surface area contributed by atoms with Crippen LogP contribution in [0.3, 0.4) is 0 Å². The summed E-state index contributed by atoms with van der Waals surface area (Å²) in [6.07, 6.45) is 0.723. The highest BCUT2D eigenvalue weighted by Crippen LogP contribution is 2.27. The van der Waals surface area contributed by atoms with Gasteiger partial charge in [-0.15, -0.1) is 11.3 Å². The molecule has 2 aromatic rings. The van der Waals surface area contributed by atoms with Crippen LogP contribution >= 0.6 is 23.1 Å². The summed E-state index contributed by atoms with van der Waals surface area (Å²) in [6, 6.07) is 7.00. The topological polar surface area (TPSA) is 71.5 Å². The zero-order chi connectivity index (χ0) is 17.0. The summed E-state index contributed by atoms with van der Waals surface area (Å²) in [5, 5.41) is 16.1. The molecule has 1 fully saturated rings. The van der Waals surface area contributed by atoms with E-state index in [4.69, 9.17) is 4.74 Å². The first-order chi connectivity index (χ1) is 11.5. The average molecular weight is 364 g/mol. The average Bonchev–Trinajstić information content (AvgIpc) is 3.20. The van der Waals surface area contributed by atoms with Crippen molar-refractivity contribution >= 4 is 29.0 Å². The Bertz CT molecular complexity index is 694. The number of nitrogens with one attached hydrogen (secondary N) is 1. The van der Waals surface area contributed by atoms with E-state index in [-0.39, 0.29) is 5.91 Å². The fourth-order valence-corrected chi connectivity index (χ4v) is 4.31. The van der Waals surface area contributed by atoms with E-state index in [1.807, 2.05) is 12.3 Å². The maximum Gasteiger partial charge on any atom is 0.251 e. The van der Waals surface area contributed by atoms with E-state index >= 15 is 0 Å². The molecule has 0 unspecified atom stereocenters. The highest BCUT2D eigenvalue weighted by molar-refractivity contribution is 7.99.